The number of carbonyl (C=O) groups excluding carboxylic acids is 1. The monoisotopic (exact) mass is 292 g/mol. The van der Waals surface area contributed by atoms with E-state index in [1.807, 2.05) is 4.90 Å². The Balaban J connectivity index is 1.87. The molecule has 1 aliphatic heterocycles. The minimum atomic E-state index is -1.10. The molecule has 1 saturated heterocycles. The van der Waals surface area contributed by atoms with E-state index in [0.29, 0.717) is 18.8 Å². The molecule has 0 radical (unpaired) electrons. The molecule has 0 atom stereocenters. The molecule has 1 aromatic heterocycles. The van der Waals surface area contributed by atoms with Gasteiger partial charge in [0.1, 0.15) is 5.82 Å². The number of nitrogens with one attached hydrogen (secondary N) is 1. The molecule has 114 valence electrons. The number of nitrogens with two attached hydrogens (primary N) is 1. The molecule has 21 heavy (non-hydrogen) atoms. The van der Waals surface area contributed by atoms with Crippen molar-refractivity contribution in [1.82, 2.24) is 9.88 Å². The molecule has 1 fully saturated rings. The van der Waals surface area contributed by atoms with Crippen LogP contribution in [0.3, 0.4) is 0 Å². The number of amides is 1. The summed E-state index contributed by atoms with van der Waals surface area (Å²) in [4.78, 5) is 28.8. The summed E-state index contributed by atoms with van der Waals surface area (Å²) < 4.78 is 0. The zero-order chi connectivity index (χ0) is 15.2. The standard InChI is InChI=1S/C14H20N4O3/c15-12-10(14(20)21)4-6-16-13(12)17-7-5-11(19)18-8-2-1-3-9-18/h4,6H,1-3,5,7-9,15H2,(H,16,17)(H,20,21). The lowest BCUT2D eigenvalue weighted by Crippen LogP contribution is -2.36. The molecule has 0 unspecified atom stereocenters. The summed E-state index contributed by atoms with van der Waals surface area (Å²) in [5.74, 6) is -0.682. The second-order valence-corrected chi connectivity index (χ2v) is 5.04. The van der Waals surface area contributed by atoms with Crippen LogP contribution in [-0.2, 0) is 4.79 Å². The molecule has 0 spiro atoms. The van der Waals surface area contributed by atoms with Gasteiger partial charge in [0, 0.05) is 32.3 Å². The highest BCUT2D eigenvalue weighted by Gasteiger charge is 2.16. The van der Waals surface area contributed by atoms with Gasteiger partial charge in [-0.1, -0.05) is 0 Å². The smallest absolute Gasteiger partial charge is 0.337 e. The average molecular weight is 292 g/mol. The van der Waals surface area contributed by atoms with Gasteiger partial charge in [0.2, 0.25) is 5.91 Å². The number of likely N-dealkylation sites (tertiary alicyclic amines) is 1. The molecule has 4 N–H and O–H groups in total. The molecule has 1 aliphatic rings. The van der Waals surface area contributed by atoms with Gasteiger partial charge in [-0.2, -0.15) is 0 Å². The van der Waals surface area contributed by atoms with Crippen molar-refractivity contribution in [3.05, 3.63) is 17.8 Å². The summed E-state index contributed by atoms with van der Waals surface area (Å²) in [6.07, 6.45) is 5.04. The average Bonchev–Trinajstić information content (AvgIpc) is 2.49. The molecule has 1 amide bonds. The van der Waals surface area contributed by atoms with E-state index >= 15 is 0 Å². The fourth-order valence-electron chi connectivity index (χ4n) is 2.39. The topological polar surface area (TPSA) is 109 Å². The lowest BCUT2D eigenvalue weighted by molar-refractivity contribution is -0.131. The predicted octanol–water partition coefficient (Wildman–Crippen LogP) is 1.18. The zero-order valence-electron chi connectivity index (χ0n) is 11.8. The highest BCUT2D eigenvalue weighted by molar-refractivity contribution is 5.96. The lowest BCUT2D eigenvalue weighted by Gasteiger charge is -2.26. The number of rotatable bonds is 5. The number of hydrogen-bond acceptors (Lipinski definition) is 5. The Kier molecular flexibility index (Phi) is 4.97. The number of aromatic nitrogens is 1. The van der Waals surface area contributed by atoms with Gasteiger partial charge >= 0.3 is 5.97 Å². The summed E-state index contributed by atoms with van der Waals surface area (Å²) in [5, 5.41) is 11.9. The first-order valence-electron chi connectivity index (χ1n) is 7.09. The zero-order valence-corrected chi connectivity index (χ0v) is 11.8. The van der Waals surface area contributed by atoms with Crippen LogP contribution in [0, 0.1) is 0 Å². The van der Waals surface area contributed by atoms with Crippen LogP contribution in [0.5, 0.6) is 0 Å². The molecule has 0 saturated carbocycles. The van der Waals surface area contributed by atoms with E-state index in [0.717, 1.165) is 25.9 Å². The molecule has 1 aromatic rings. The number of anilines is 2. The Bertz CT molecular complexity index is 527. The number of nitrogen functional groups attached to an aromatic ring is 1. The van der Waals surface area contributed by atoms with Gasteiger partial charge in [-0.3, -0.25) is 4.79 Å². The Morgan fingerprint density at radius 3 is 2.71 bits per heavy atom. The van der Waals surface area contributed by atoms with Crippen LogP contribution >= 0.6 is 0 Å². The van der Waals surface area contributed by atoms with Gasteiger partial charge in [-0.15, -0.1) is 0 Å². The fourth-order valence-corrected chi connectivity index (χ4v) is 2.39. The van der Waals surface area contributed by atoms with Gasteiger partial charge in [-0.05, 0) is 25.3 Å². The van der Waals surface area contributed by atoms with Crippen LogP contribution in [0.2, 0.25) is 0 Å². The van der Waals surface area contributed by atoms with Crippen molar-refractivity contribution < 1.29 is 14.7 Å². The van der Waals surface area contributed by atoms with Crippen molar-refractivity contribution >= 4 is 23.4 Å². The molecule has 2 heterocycles. The van der Waals surface area contributed by atoms with E-state index in [1.165, 1.54) is 18.7 Å². The first-order chi connectivity index (χ1) is 10.1. The SMILES string of the molecule is Nc1c(C(=O)O)ccnc1NCCC(=O)N1CCCCC1. The summed E-state index contributed by atoms with van der Waals surface area (Å²) in [6, 6.07) is 1.35. The third-order valence-corrected chi connectivity index (χ3v) is 3.56. The van der Waals surface area contributed by atoms with Crippen molar-refractivity contribution in [3.8, 4) is 0 Å². The highest BCUT2D eigenvalue weighted by atomic mass is 16.4. The van der Waals surface area contributed by atoms with Gasteiger partial charge in [0.15, 0.2) is 0 Å². The molecule has 7 heteroatoms. The van der Waals surface area contributed by atoms with Crippen LogP contribution in [0.15, 0.2) is 12.3 Å². The minimum absolute atomic E-state index is 0.00913. The Morgan fingerprint density at radius 1 is 1.33 bits per heavy atom. The predicted molar refractivity (Wildman–Crippen MR) is 79.1 cm³/mol. The van der Waals surface area contributed by atoms with Crippen LogP contribution in [0.4, 0.5) is 11.5 Å². The Labute approximate surface area is 123 Å². The molecular formula is C14H20N4O3. The Morgan fingerprint density at radius 2 is 2.05 bits per heavy atom. The van der Waals surface area contributed by atoms with Crippen molar-refractivity contribution in [3.63, 3.8) is 0 Å². The summed E-state index contributed by atoms with van der Waals surface area (Å²) in [5.41, 5.74) is 5.84. The van der Waals surface area contributed by atoms with Gasteiger partial charge in [0.25, 0.3) is 0 Å². The molecule has 0 bridgehead atoms. The number of carboxylic acid groups (broad SMARTS) is 1. The highest BCUT2D eigenvalue weighted by Crippen LogP contribution is 2.19. The van der Waals surface area contributed by atoms with Crippen LogP contribution in [0.1, 0.15) is 36.0 Å². The number of carbonyl (C=O) groups is 2. The molecule has 0 aliphatic carbocycles. The van der Waals surface area contributed by atoms with E-state index in [9.17, 15) is 9.59 Å². The van der Waals surface area contributed by atoms with E-state index in [4.69, 9.17) is 10.8 Å². The van der Waals surface area contributed by atoms with Gasteiger partial charge in [0.05, 0.1) is 11.3 Å². The summed E-state index contributed by atoms with van der Waals surface area (Å²) in [7, 11) is 0. The second-order valence-electron chi connectivity index (χ2n) is 5.04. The number of nitrogens with zero attached hydrogens (tertiary/aromatic N) is 2. The molecular weight excluding hydrogens is 272 g/mol. The second kappa shape index (κ2) is 6.92. The van der Waals surface area contributed by atoms with Crippen LogP contribution < -0.4 is 11.1 Å². The van der Waals surface area contributed by atoms with Crippen molar-refractivity contribution in [2.75, 3.05) is 30.7 Å². The minimum Gasteiger partial charge on any atom is -0.478 e. The third-order valence-electron chi connectivity index (χ3n) is 3.56. The van der Waals surface area contributed by atoms with E-state index in [1.54, 1.807) is 0 Å². The van der Waals surface area contributed by atoms with E-state index < -0.39 is 5.97 Å². The fraction of sp³-hybridized carbons (Fsp3) is 0.500. The number of aromatic carboxylic acids is 1. The first kappa shape index (κ1) is 15.1. The number of carboxylic acids is 1. The maximum absolute atomic E-state index is 12.0. The maximum atomic E-state index is 12.0. The summed E-state index contributed by atoms with van der Waals surface area (Å²) in [6.45, 7) is 2.04. The number of piperidine rings is 1. The molecule has 2 rings (SSSR count). The first-order valence-corrected chi connectivity index (χ1v) is 7.09. The van der Waals surface area contributed by atoms with Crippen molar-refractivity contribution in [2.45, 2.75) is 25.7 Å². The van der Waals surface area contributed by atoms with E-state index in [-0.39, 0.29) is 17.2 Å². The quantitative estimate of drug-likeness (QED) is 0.752. The van der Waals surface area contributed by atoms with Crippen LogP contribution in [-0.4, -0.2) is 46.5 Å². The van der Waals surface area contributed by atoms with E-state index in [2.05, 4.69) is 10.3 Å². The lowest BCUT2D eigenvalue weighted by atomic mass is 10.1. The summed E-state index contributed by atoms with van der Waals surface area (Å²) >= 11 is 0. The van der Waals surface area contributed by atoms with Crippen LogP contribution in [0.25, 0.3) is 0 Å². The maximum Gasteiger partial charge on any atom is 0.337 e. The third kappa shape index (κ3) is 3.84. The number of pyridine rings is 1. The van der Waals surface area contributed by atoms with Gasteiger partial charge in [-0.25, -0.2) is 9.78 Å². The largest absolute Gasteiger partial charge is 0.478 e. The van der Waals surface area contributed by atoms with Crippen molar-refractivity contribution in [1.29, 1.82) is 0 Å². The molecule has 7 nitrogen and oxygen atoms in total. The number of hydrogen-bond donors (Lipinski definition) is 3. The van der Waals surface area contributed by atoms with Crippen molar-refractivity contribution in [2.24, 2.45) is 0 Å². The normalized spacial score (nSPS) is 14.8. The van der Waals surface area contributed by atoms with Gasteiger partial charge < -0.3 is 21.1 Å². The Hall–Kier alpha value is -2.31. The molecule has 0 aromatic carbocycles.